The van der Waals surface area contributed by atoms with E-state index < -0.39 is 11.6 Å². The predicted molar refractivity (Wildman–Crippen MR) is 115 cm³/mol. The van der Waals surface area contributed by atoms with Crippen molar-refractivity contribution in [3.05, 3.63) is 58.0 Å². The van der Waals surface area contributed by atoms with Crippen LogP contribution in [-0.2, 0) is 4.79 Å². The van der Waals surface area contributed by atoms with Crippen molar-refractivity contribution in [1.29, 1.82) is 0 Å². The molecule has 7 heteroatoms. The molecule has 0 atom stereocenters. The molecule has 0 unspecified atom stereocenters. The van der Waals surface area contributed by atoms with Crippen molar-refractivity contribution >= 4 is 17.6 Å². The first-order valence-electron chi connectivity index (χ1n) is 9.72. The number of amides is 2. The van der Waals surface area contributed by atoms with E-state index in [1.165, 1.54) is 28.7 Å². The van der Waals surface area contributed by atoms with Gasteiger partial charge in [0.25, 0.3) is 11.5 Å². The number of rotatable bonds is 4. The molecule has 3 rings (SSSR count). The zero-order chi connectivity index (χ0) is 21.8. The average Bonchev–Trinajstić information content (AvgIpc) is 3.54. The number of carbonyl (C=O) groups excluding carboxylic acids is 2. The molecule has 1 aromatic heterocycles. The highest BCUT2D eigenvalue weighted by atomic mass is 16.5. The number of aryl methyl sites for hydroxylation is 1. The van der Waals surface area contributed by atoms with Crippen LogP contribution >= 0.6 is 0 Å². The fraction of sp³-hybridized carbons (Fsp3) is 0.348. The van der Waals surface area contributed by atoms with Gasteiger partial charge in [-0.2, -0.15) is 0 Å². The van der Waals surface area contributed by atoms with Crippen molar-refractivity contribution in [2.24, 2.45) is 5.92 Å². The lowest BCUT2D eigenvalue weighted by molar-refractivity contribution is -0.130. The molecule has 0 spiro atoms. The van der Waals surface area contributed by atoms with Gasteiger partial charge in [-0.3, -0.25) is 14.5 Å². The first-order valence-corrected chi connectivity index (χ1v) is 9.72. The number of anilines is 1. The number of nitrogens with zero attached hydrogens (tertiary/aromatic N) is 3. The Morgan fingerprint density at radius 3 is 2.37 bits per heavy atom. The number of carbonyl (C=O) groups is 2. The summed E-state index contributed by atoms with van der Waals surface area (Å²) < 4.78 is 6.46. The van der Waals surface area contributed by atoms with Crippen LogP contribution in [0.4, 0.5) is 10.5 Å². The van der Waals surface area contributed by atoms with E-state index >= 15 is 0 Å². The zero-order valence-corrected chi connectivity index (χ0v) is 17.6. The first kappa shape index (κ1) is 21.2. The Morgan fingerprint density at radius 2 is 1.80 bits per heavy atom. The summed E-state index contributed by atoms with van der Waals surface area (Å²) in [4.78, 5) is 39.9. The summed E-state index contributed by atoms with van der Waals surface area (Å²) in [7, 11) is 4.85. The van der Waals surface area contributed by atoms with Gasteiger partial charge < -0.3 is 9.64 Å². The highest BCUT2D eigenvalue weighted by Gasteiger charge is 2.19. The number of hydrogen-bond acceptors (Lipinski definition) is 4. The van der Waals surface area contributed by atoms with Crippen LogP contribution in [0.25, 0.3) is 0 Å². The topological polar surface area (TPSA) is 71.8 Å². The molecule has 0 aliphatic heterocycles. The number of ether oxygens (including phenoxy) is 1. The van der Waals surface area contributed by atoms with Crippen molar-refractivity contribution in [3.8, 4) is 17.6 Å². The minimum Gasteiger partial charge on any atom is -0.484 e. The van der Waals surface area contributed by atoms with Gasteiger partial charge in [0.2, 0.25) is 0 Å². The summed E-state index contributed by atoms with van der Waals surface area (Å²) in [5.41, 5.74) is 1.44. The highest BCUT2D eigenvalue weighted by Crippen LogP contribution is 2.27. The van der Waals surface area contributed by atoms with Crippen molar-refractivity contribution in [2.75, 3.05) is 32.6 Å². The van der Waals surface area contributed by atoms with Crippen molar-refractivity contribution in [3.63, 3.8) is 0 Å². The van der Waals surface area contributed by atoms with Crippen LogP contribution in [0.3, 0.4) is 0 Å². The second-order valence-electron chi connectivity index (χ2n) is 7.51. The molecular formula is C23H25N3O4. The molecule has 1 heterocycles. The second kappa shape index (κ2) is 8.87. The molecule has 0 radical (unpaired) electrons. The Labute approximate surface area is 175 Å². The summed E-state index contributed by atoms with van der Waals surface area (Å²) in [6, 6.07) is 9.63. The minimum absolute atomic E-state index is 0.181. The van der Waals surface area contributed by atoms with Gasteiger partial charge in [-0.15, -0.1) is 0 Å². The molecule has 1 saturated carbocycles. The lowest BCUT2D eigenvalue weighted by Crippen LogP contribution is -2.38. The molecule has 2 amide bonds. The standard InChI is InChI=1S/C23H25N3O4/c1-16-13-20(30-15-22(28)24(2)3)14-21(27)26(16)23(29)25(4)19-11-9-18(10-12-19)8-7-17-5-6-17/h9-14,17H,5-6,15H2,1-4H3. The molecule has 0 bridgehead atoms. The van der Waals surface area contributed by atoms with E-state index in [2.05, 4.69) is 11.8 Å². The SMILES string of the molecule is Cc1cc(OCC(=O)N(C)C)cc(=O)n1C(=O)N(C)c1ccc(C#CC2CC2)cc1. The Balaban J connectivity index is 1.74. The minimum atomic E-state index is -0.522. The highest BCUT2D eigenvalue weighted by molar-refractivity contribution is 5.93. The van der Waals surface area contributed by atoms with Crippen LogP contribution in [-0.4, -0.2) is 49.2 Å². The Morgan fingerprint density at radius 1 is 1.13 bits per heavy atom. The molecule has 1 aliphatic rings. The van der Waals surface area contributed by atoms with Crippen molar-refractivity contribution in [2.45, 2.75) is 19.8 Å². The van der Waals surface area contributed by atoms with Crippen LogP contribution in [0, 0.1) is 24.7 Å². The maximum atomic E-state index is 12.9. The lowest BCUT2D eigenvalue weighted by Gasteiger charge is -2.20. The summed E-state index contributed by atoms with van der Waals surface area (Å²) in [6.07, 6.45) is 2.35. The summed E-state index contributed by atoms with van der Waals surface area (Å²) in [6.45, 7) is 1.46. The zero-order valence-electron chi connectivity index (χ0n) is 17.6. The van der Waals surface area contributed by atoms with Gasteiger partial charge in [0.05, 0.1) is 0 Å². The van der Waals surface area contributed by atoms with E-state index in [1.54, 1.807) is 46.3 Å². The fourth-order valence-electron chi connectivity index (χ4n) is 2.72. The average molecular weight is 407 g/mol. The lowest BCUT2D eigenvalue weighted by atomic mass is 10.2. The molecule has 1 aromatic carbocycles. The maximum Gasteiger partial charge on any atom is 0.335 e. The number of hydrogen-bond donors (Lipinski definition) is 0. The van der Waals surface area contributed by atoms with Gasteiger partial charge in [0, 0.05) is 56.1 Å². The smallest absolute Gasteiger partial charge is 0.335 e. The molecule has 0 saturated heterocycles. The molecule has 156 valence electrons. The summed E-state index contributed by atoms with van der Waals surface area (Å²) >= 11 is 0. The van der Waals surface area contributed by atoms with E-state index in [4.69, 9.17) is 4.74 Å². The Bertz CT molecular complexity index is 1070. The monoisotopic (exact) mass is 407 g/mol. The van der Waals surface area contributed by atoms with Gasteiger partial charge in [-0.1, -0.05) is 11.8 Å². The van der Waals surface area contributed by atoms with Crippen LogP contribution in [0.1, 0.15) is 24.1 Å². The number of aromatic nitrogens is 1. The third kappa shape index (κ3) is 5.09. The second-order valence-corrected chi connectivity index (χ2v) is 7.51. The van der Waals surface area contributed by atoms with Crippen LogP contribution in [0.5, 0.6) is 5.75 Å². The van der Waals surface area contributed by atoms with Gasteiger partial charge in [-0.05, 0) is 44.0 Å². The van der Waals surface area contributed by atoms with E-state index in [0.29, 0.717) is 17.3 Å². The predicted octanol–water partition coefficient (Wildman–Crippen LogP) is 2.49. The van der Waals surface area contributed by atoms with Crippen molar-refractivity contribution in [1.82, 2.24) is 9.47 Å². The molecular weight excluding hydrogens is 382 g/mol. The first-order chi connectivity index (χ1) is 14.3. The molecule has 0 N–H and O–H groups in total. The van der Waals surface area contributed by atoms with Gasteiger partial charge in [0.15, 0.2) is 6.61 Å². The van der Waals surface area contributed by atoms with E-state index in [0.717, 1.165) is 10.1 Å². The number of pyridine rings is 1. The maximum absolute atomic E-state index is 12.9. The quantitative estimate of drug-likeness (QED) is 0.730. The third-order valence-corrected chi connectivity index (χ3v) is 4.78. The van der Waals surface area contributed by atoms with Crippen molar-refractivity contribution < 1.29 is 14.3 Å². The van der Waals surface area contributed by atoms with Gasteiger partial charge in [0.1, 0.15) is 5.75 Å². The van der Waals surface area contributed by atoms with Gasteiger partial charge in [-0.25, -0.2) is 9.36 Å². The van der Waals surface area contributed by atoms with E-state index in [9.17, 15) is 14.4 Å². The van der Waals surface area contributed by atoms with Crippen LogP contribution in [0.2, 0.25) is 0 Å². The van der Waals surface area contributed by atoms with Crippen LogP contribution < -0.4 is 15.2 Å². The molecule has 2 aromatic rings. The Hall–Kier alpha value is -3.53. The van der Waals surface area contributed by atoms with E-state index in [1.807, 2.05) is 12.1 Å². The van der Waals surface area contributed by atoms with Gasteiger partial charge >= 0.3 is 6.03 Å². The Kier molecular flexibility index (Phi) is 6.26. The third-order valence-electron chi connectivity index (χ3n) is 4.78. The molecule has 1 fully saturated rings. The fourth-order valence-corrected chi connectivity index (χ4v) is 2.72. The van der Waals surface area contributed by atoms with Crippen LogP contribution in [0.15, 0.2) is 41.2 Å². The van der Waals surface area contributed by atoms with E-state index in [-0.39, 0.29) is 18.3 Å². The molecule has 1 aliphatic carbocycles. The summed E-state index contributed by atoms with van der Waals surface area (Å²) in [5, 5.41) is 0. The molecule has 7 nitrogen and oxygen atoms in total. The summed E-state index contributed by atoms with van der Waals surface area (Å²) in [5.74, 6) is 6.89. The number of benzene rings is 1. The largest absolute Gasteiger partial charge is 0.484 e. The normalized spacial score (nSPS) is 12.5. The number of likely N-dealkylation sites (N-methyl/N-ethyl adjacent to an activating group) is 1. The molecule has 30 heavy (non-hydrogen) atoms.